The Morgan fingerprint density at radius 2 is 0.914 bits per heavy atom. The number of quaternary nitrogens is 1. The molecule has 0 rings (SSSR count). The van der Waals surface area contributed by atoms with Gasteiger partial charge in [0.2, 0.25) is 5.91 Å². The third-order valence-corrected chi connectivity index (χ3v) is 13.4. The Morgan fingerprint density at radius 1 is 0.514 bits per heavy atom. The zero-order valence-electron chi connectivity index (χ0n) is 46.2. The first-order valence-electron chi connectivity index (χ1n) is 28.8. The Balaban J connectivity index is 5.34. The molecule has 0 aliphatic heterocycles. The highest BCUT2D eigenvalue weighted by molar-refractivity contribution is 7.47. The van der Waals surface area contributed by atoms with Crippen LogP contribution in [0.2, 0.25) is 0 Å². The van der Waals surface area contributed by atoms with Crippen LogP contribution in [-0.2, 0) is 27.9 Å². The summed E-state index contributed by atoms with van der Waals surface area (Å²) in [5.41, 5.74) is 0. The van der Waals surface area contributed by atoms with Crippen molar-refractivity contribution in [3.8, 4) is 0 Å². The van der Waals surface area contributed by atoms with E-state index in [0.717, 1.165) is 109 Å². The number of phosphoric acid groups is 1. The average Bonchev–Trinajstić information content (AvgIpc) is 3.32. The lowest BCUT2D eigenvalue weighted by atomic mass is 10.1. The lowest BCUT2D eigenvalue weighted by Crippen LogP contribution is -2.47. The van der Waals surface area contributed by atoms with Gasteiger partial charge in [0.1, 0.15) is 19.3 Å². The van der Waals surface area contributed by atoms with Gasteiger partial charge in [-0.25, -0.2) is 4.57 Å². The van der Waals surface area contributed by atoms with Crippen molar-refractivity contribution in [2.45, 2.75) is 258 Å². The molecule has 0 aliphatic rings. The van der Waals surface area contributed by atoms with Crippen LogP contribution in [0.25, 0.3) is 0 Å². The third kappa shape index (κ3) is 50.4. The number of ether oxygens (including phenoxy) is 1. The van der Waals surface area contributed by atoms with Crippen LogP contribution in [0.4, 0.5) is 0 Å². The summed E-state index contributed by atoms with van der Waals surface area (Å²) >= 11 is 0. The van der Waals surface area contributed by atoms with E-state index in [1.807, 2.05) is 33.3 Å². The van der Waals surface area contributed by atoms with Gasteiger partial charge in [0.15, 0.2) is 0 Å². The maximum Gasteiger partial charge on any atom is 0.472 e. The van der Waals surface area contributed by atoms with Gasteiger partial charge < -0.3 is 19.4 Å². The van der Waals surface area contributed by atoms with Crippen LogP contribution in [0.1, 0.15) is 245 Å². The lowest BCUT2D eigenvalue weighted by molar-refractivity contribution is -0.870. The number of esters is 1. The number of rotatable bonds is 51. The van der Waals surface area contributed by atoms with E-state index in [1.54, 1.807) is 0 Å². The molecule has 0 saturated carbocycles. The summed E-state index contributed by atoms with van der Waals surface area (Å²) in [6.45, 7) is 6.85. The molecule has 10 heteroatoms. The topological polar surface area (TPSA) is 111 Å². The number of phosphoric ester groups is 1. The normalized spacial score (nSPS) is 14.3. The third-order valence-electron chi connectivity index (χ3n) is 12.4. The molecule has 3 unspecified atom stereocenters. The highest BCUT2D eigenvalue weighted by atomic mass is 31.2. The Kier molecular flexibility index (Phi) is 48.2. The van der Waals surface area contributed by atoms with Crippen LogP contribution >= 0.6 is 7.82 Å². The predicted octanol–water partition coefficient (Wildman–Crippen LogP) is 17.3. The molecule has 9 nitrogen and oxygen atoms in total. The standard InChI is InChI=1S/C60H109N2O7P/c1-7-10-13-16-19-22-25-27-29-31-33-35-38-41-44-47-50-53-60(64)69-58(51-48-45-42-39-36-24-21-18-15-12-9-3)57(56-68-70(65,66)67-55-54-62(4,5)6)61-59(63)52-49-46-43-40-37-34-32-30-28-26-23-20-17-14-11-8-2/h11,14,19-20,22-23,27-30,48,51,57-58H,7-10,12-13,15-18,21,24-26,31-47,49-50,52-56H2,1-6H3,(H-,61,63,65,66)/p+1/b14-11+,22-19-,23-20+,29-27-,30-28+,51-48+. The van der Waals surface area contributed by atoms with Crippen LogP contribution in [0.5, 0.6) is 0 Å². The maximum absolute atomic E-state index is 13.5. The molecule has 0 saturated heterocycles. The van der Waals surface area contributed by atoms with Crippen LogP contribution in [0, 0.1) is 0 Å². The number of hydrogen-bond acceptors (Lipinski definition) is 6. The van der Waals surface area contributed by atoms with Crippen molar-refractivity contribution < 1.29 is 37.3 Å². The van der Waals surface area contributed by atoms with E-state index < -0.39 is 20.0 Å². The SMILES string of the molecule is CC/C=C/C/C=C/C/C=C/CCCCCCCCC(=O)NC(COP(=O)(O)OCC[N+](C)(C)C)C(/C=C/CCCCCCCCCCC)OC(=O)CCCCCCCCC/C=C\C/C=C\CCCCC. The first-order valence-corrected chi connectivity index (χ1v) is 30.3. The Bertz CT molecular complexity index is 1430. The molecule has 0 radical (unpaired) electrons. The van der Waals surface area contributed by atoms with Gasteiger partial charge in [0, 0.05) is 12.8 Å². The van der Waals surface area contributed by atoms with E-state index in [0.29, 0.717) is 17.4 Å². The second-order valence-electron chi connectivity index (χ2n) is 20.4. The quantitative estimate of drug-likeness (QED) is 0.0205. The van der Waals surface area contributed by atoms with E-state index in [2.05, 4.69) is 86.8 Å². The van der Waals surface area contributed by atoms with E-state index >= 15 is 0 Å². The highest BCUT2D eigenvalue weighted by Gasteiger charge is 2.30. The molecule has 0 bridgehead atoms. The molecule has 3 atom stereocenters. The fourth-order valence-corrected chi connectivity index (χ4v) is 8.66. The molecular weight excluding hydrogens is 892 g/mol. The van der Waals surface area contributed by atoms with Crippen LogP contribution in [0.3, 0.4) is 0 Å². The number of hydrogen-bond donors (Lipinski definition) is 2. The molecule has 1 amide bonds. The van der Waals surface area contributed by atoms with E-state index in [9.17, 15) is 19.0 Å². The molecule has 0 aliphatic carbocycles. The molecule has 0 fully saturated rings. The van der Waals surface area contributed by atoms with Gasteiger partial charge in [-0.2, -0.15) is 0 Å². The molecule has 0 aromatic rings. The van der Waals surface area contributed by atoms with Crippen molar-refractivity contribution in [2.75, 3.05) is 40.9 Å². The number of unbranched alkanes of at least 4 members (excludes halogenated alkanes) is 25. The van der Waals surface area contributed by atoms with E-state index in [-0.39, 0.29) is 31.5 Å². The highest BCUT2D eigenvalue weighted by Crippen LogP contribution is 2.43. The Morgan fingerprint density at radius 3 is 1.40 bits per heavy atom. The van der Waals surface area contributed by atoms with E-state index in [1.165, 1.54) is 103 Å². The maximum atomic E-state index is 13.5. The van der Waals surface area contributed by atoms with Gasteiger partial charge in [0.25, 0.3) is 0 Å². The molecule has 2 N–H and O–H groups in total. The minimum Gasteiger partial charge on any atom is -0.456 e. The van der Waals surface area contributed by atoms with Crippen LogP contribution < -0.4 is 5.32 Å². The van der Waals surface area contributed by atoms with Crippen molar-refractivity contribution in [3.63, 3.8) is 0 Å². The zero-order valence-corrected chi connectivity index (χ0v) is 47.1. The van der Waals surface area contributed by atoms with Crippen LogP contribution in [0.15, 0.2) is 72.9 Å². The molecule has 0 heterocycles. The number of nitrogens with zero attached hydrogens (tertiary/aromatic N) is 1. The molecule has 70 heavy (non-hydrogen) atoms. The minimum absolute atomic E-state index is 0.0335. The zero-order chi connectivity index (χ0) is 51.5. The lowest BCUT2D eigenvalue weighted by Gasteiger charge is -2.27. The van der Waals surface area contributed by atoms with Crippen molar-refractivity contribution in [1.82, 2.24) is 5.32 Å². The van der Waals surface area contributed by atoms with Crippen molar-refractivity contribution >= 4 is 19.7 Å². The number of amides is 1. The van der Waals surface area contributed by atoms with Gasteiger partial charge in [-0.15, -0.1) is 0 Å². The van der Waals surface area contributed by atoms with Gasteiger partial charge in [-0.05, 0) is 96.0 Å². The summed E-state index contributed by atoms with van der Waals surface area (Å²) in [4.78, 5) is 37.6. The van der Waals surface area contributed by atoms with Gasteiger partial charge >= 0.3 is 13.8 Å². The second-order valence-corrected chi connectivity index (χ2v) is 21.9. The summed E-state index contributed by atoms with van der Waals surface area (Å²) in [6.07, 6.45) is 63.2. The largest absolute Gasteiger partial charge is 0.472 e. The smallest absolute Gasteiger partial charge is 0.456 e. The van der Waals surface area contributed by atoms with Crippen molar-refractivity contribution in [1.29, 1.82) is 0 Å². The Labute approximate surface area is 432 Å². The second kappa shape index (κ2) is 50.0. The molecule has 0 aromatic carbocycles. The average molecular weight is 1000 g/mol. The fourth-order valence-electron chi connectivity index (χ4n) is 7.92. The summed E-state index contributed by atoms with van der Waals surface area (Å²) in [7, 11) is 1.47. The summed E-state index contributed by atoms with van der Waals surface area (Å²) in [6, 6.07) is -0.860. The van der Waals surface area contributed by atoms with Crippen LogP contribution in [-0.4, -0.2) is 74.3 Å². The summed E-state index contributed by atoms with van der Waals surface area (Å²) in [5, 5.41) is 3.04. The monoisotopic (exact) mass is 1000 g/mol. The number of carbonyl (C=O) groups is 2. The minimum atomic E-state index is -4.45. The van der Waals surface area contributed by atoms with E-state index in [4.69, 9.17) is 13.8 Å². The number of likely N-dealkylation sites (N-methyl/N-ethyl adjacent to an activating group) is 1. The van der Waals surface area contributed by atoms with Gasteiger partial charge in [-0.3, -0.25) is 18.6 Å². The first-order chi connectivity index (χ1) is 33.9. The molecular formula is C60H110N2O7P+. The fraction of sp³-hybridized carbons (Fsp3) is 0.767. The number of nitrogens with one attached hydrogen (secondary N) is 1. The number of carbonyl (C=O) groups excluding carboxylic acids is 2. The van der Waals surface area contributed by atoms with Crippen molar-refractivity contribution in [3.05, 3.63) is 72.9 Å². The van der Waals surface area contributed by atoms with Crippen molar-refractivity contribution in [2.24, 2.45) is 0 Å². The summed E-state index contributed by atoms with van der Waals surface area (Å²) < 4.78 is 30.6. The number of allylic oxidation sites excluding steroid dienone is 11. The summed E-state index contributed by atoms with van der Waals surface area (Å²) in [5.74, 6) is -0.531. The molecule has 0 aromatic heterocycles. The Hall–Kier alpha value is -2.55. The first kappa shape index (κ1) is 67.5. The van der Waals surface area contributed by atoms with Gasteiger partial charge in [0.05, 0.1) is 33.8 Å². The predicted molar refractivity (Wildman–Crippen MR) is 300 cm³/mol. The van der Waals surface area contributed by atoms with Gasteiger partial charge in [-0.1, -0.05) is 210 Å². The molecule has 406 valence electrons. The molecule has 0 spiro atoms.